The van der Waals surface area contributed by atoms with Crippen LogP contribution in [-0.4, -0.2) is 27.5 Å². The summed E-state index contributed by atoms with van der Waals surface area (Å²) in [6, 6.07) is 10.4. The number of benzene rings is 2. The van der Waals surface area contributed by atoms with E-state index in [4.69, 9.17) is 17.3 Å². The van der Waals surface area contributed by atoms with E-state index in [1.54, 1.807) is 4.90 Å². The maximum absolute atomic E-state index is 14.6. The van der Waals surface area contributed by atoms with Crippen molar-refractivity contribution in [2.45, 2.75) is 37.8 Å². The highest BCUT2D eigenvalue weighted by molar-refractivity contribution is 6.31. The highest BCUT2D eigenvalue weighted by Crippen LogP contribution is 2.35. The molecule has 3 N–H and O–H groups in total. The minimum absolute atomic E-state index is 0.125. The molecule has 0 saturated heterocycles. The smallest absolute Gasteiger partial charge is 0.149 e. The zero-order valence-corrected chi connectivity index (χ0v) is 20.2. The van der Waals surface area contributed by atoms with Crippen LogP contribution in [0.3, 0.4) is 0 Å². The van der Waals surface area contributed by atoms with Crippen LogP contribution in [0.1, 0.15) is 37.3 Å². The Balaban J connectivity index is 1.32. The Hall–Kier alpha value is -3.49. The van der Waals surface area contributed by atoms with Gasteiger partial charge in [0.05, 0.1) is 40.8 Å². The van der Waals surface area contributed by atoms with E-state index < -0.39 is 11.6 Å². The van der Waals surface area contributed by atoms with E-state index in [1.807, 2.05) is 41.5 Å². The predicted octanol–water partition coefficient (Wildman–Crippen LogP) is 5.84. The van der Waals surface area contributed by atoms with Crippen molar-refractivity contribution in [3.05, 3.63) is 83.4 Å². The summed E-state index contributed by atoms with van der Waals surface area (Å²) in [5.74, 6) is -1.46. The van der Waals surface area contributed by atoms with Crippen molar-refractivity contribution in [1.82, 2.24) is 20.1 Å². The summed E-state index contributed by atoms with van der Waals surface area (Å²) in [6.45, 7) is 0.340. The van der Waals surface area contributed by atoms with Crippen LogP contribution in [-0.2, 0) is 0 Å². The summed E-state index contributed by atoms with van der Waals surface area (Å²) >= 11 is 5.94. The van der Waals surface area contributed by atoms with Crippen molar-refractivity contribution >= 4 is 33.9 Å². The van der Waals surface area contributed by atoms with Gasteiger partial charge in [0.15, 0.2) is 0 Å². The van der Waals surface area contributed by atoms with Crippen molar-refractivity contribution in [3.8, 4) is 11.1 Å². The van der Waals surface area contributed by atoms with E-state index >= 15 is 0 Å². The Kier molecular flexibility index (Phi) is 5.85. The van der Waals surface area contributed by atoms with E-state index in [9.17, 15) is 8.78 Å². The molecule has 0 amide bonds. The SMILES string of the molecule is N[C@@H]1CCCC[C@H]1n1cc(-c2cnc3ccc(C4=CNCN4c4cc(Cl)c(F)cc4F)cc3c2)cn1. The average Bonchev–Trinajstić information content (AvgIpc) is 3.56. The topological polar surface area (TPSA) is 72.0 Å². The monoisotopic (exact) mass is 506 g/mol. The first-order valence-electron chi connectivity index (χ1n) is 12.0. The molecule has 6 nitrogen and oxygen atoms in total. The first-order chi connectivity index (χ1) is 17.5. The average molecular weight is 507 g/mol. The molecular formula is C27H25ClF2N6. The lowest BCUT2D eigenvalue weighted by Gasteiger charge is -2.28. The summed E-state index contributed by atoms with van der Waals surface area (Å²) in [6.07, 6.45) is 12.0. The van der Waals surface area contributed by atoms with Gasteiger partial charge < -0.3 is 16.0 Å². The number of aromatic nitrogens is 3. The molecule has 2 aromatic carbocycles. The predicted molar refractivity (Wildman–Crippen MR) is 138 cm³/mol. The number of nitrogens with two attached hydrogens (primary N) is 1. The molecule has 1 fully saturated rings. The van der Waals surface area contributed by atoms with Crippen LogP contribution in [0, 0.1) is 11.6 Å². The maximum Gasteiger partial charge on any atom is 0.149 e. The molecule has 0 radical (unpaired) electrons. The number of nitrogens with one attached hydrogen (secondary N) is 1. The van der Waals surface area contributed by atoms with E-state index in [-0.39, 0.29) is 22.8 Å². The fourth-order valence-corrected chi connectivity index (χ4v) is 5.31. The molecule has 1 aliphatic carbocycles. The van der Waals surface area contributed by atoms with E-state index in [0.717, 1.165) is 52.2 Å². The molecule has 184 valence electrons. The quantitative estimate of drug-likeness (QED) is 0.340. The van der Waals surface area contributed by atoms with Gasteiger partial charge in [0.25, 0.3) is 0 Å². The molecule has 3 heterocycles. The summed E-state index contributed by atoms with van der Waals surface area (Å²) in [5, 5.41) is 8.55. The van der Waals surface area contributed by atoms with E-state index in [2.05, 4.69) is 27.7 Å². The number of pyridine rings is 1. The van der Waals surface area contributed by atoms with Crippen LogP contribution in [0.5, 0.6) is 0 Å². The Morgan fingerprint density at radius 3 is 2.67 bits per heavy atom. The normalized spacial score (nSPS) is 20.0. The summed E-state index contributed by atoms with van der Waals surface area (Å²) in [7, 11) is 0. The summed E-state index contributed by atoms with van der Waals surface area (Å²) in [5.41, 5.74) is 11.0. The van der Waals surface area contributed by atoms with Gasteiger partial charge in [0, 0.05) is 52.8 Å². The van der Waals surface area contributed by atoms with Gasteiger partial charge in [0.1, 0.15) is 11.6 Å². The van der Waals surface area contributed by atoms with E-state index in [1.165, 1.54) is 18.9 Å². The third-order valence-electron chi connectivity index (χ3n) is 7.09. The van der Waals surface area contributed by atoms with Crippen molar-refractivity contribution in [2.75, 3.05) is 11.6 Å². The Labute approximate surface area is 212 Å². The van der Waals surface area contributed by atoms with Gasteiger partial charge in [-0.05, 0) is 37.1 Å². The molecular weight excluding hydrogens is 482 g/mol. The fourth-order valence-electron chi connectivity index (χ4n) is 5.16. The van der Waals surface area contributed by atoms with E-state index in [0.29, 0.717) is 6.67 Å². The van der Waals surface area contributed by atoms with Gasteiger partial charge >= 0.3 is 0 Å². The van der Waals surface area contributed by atoms with Crippen LogP contribution >= 0.6 is 11.6 Å². The molecule has 2 atom stereocenters. The molecule has 36 heavy (non-hydrogen) atoms. The lowest BCUT2D eigenvalue weighted by Crippen LogP contribution is -2.35. The van der Waals surface area contributed by atoms with Crippen LogP contribution in [0.25, 0.3) is 27.7 Å². The van der Waals surface area contributed by atoms with Crippen molar-refractivity contribution in [3.63, 3.8) is 0 Å². The molecule has 2 aliphatic rings. The molecule has 0 bridgehead atoms. The standard InChI is InChI=1S/C27H25ClF2N6/c28-20-9-26(22(30)10-21(20)29)35-15-32-13-27(35)16-5-6-24-17(7-16)8-18(11-33-24)19-12-34-36(14-19)25-4-2-1-3-23(25)31/h5-14,23,25,32H,1-4,15,31H2/t23-,25-/m1/s1. The number of nitrogens with zero attached hydrogens (tertiary/aromatic N) is 4. The second-order valence-electron chi connectivity index (χ2n) is 9.39. The minimum atomic E-state index is -0.784. The Morgan fingerprint density at radius 2 is 1.81 bits per heavy atom. The van der Waals surface area contributed by atoms with Crippen molar-refractivity contribution in [1.29, 1.82) is 0 Å². The lowest BCUT2D eigenvalue weighted by molar-refractivity contribution is 0.286. The maximum atomic E-state index is 14.6. The number of anilines is 1. The molecule has 0 spiro atoms. The number of fused-ring (bicyclic) bond motifs is 1. The first kappa shape index (κ1) is 22.9. The molecule has 0 unspecified atom stereocenters. The highest BCUT2D eigenvalue weighted by Gasteiger charge is 2.25. The number of hydrogen-bond donors (Lipinski definition) is 2. The second kappa shape index (κ2) is 9.19. The molecule has 1 saturated carbocycles. The van der Waals surface area contributed by atoms with Gasteiger partial charge in [-0.25, -0.2) is 8.78 Å². The second-order valence-corrected chi connectivity index (χ2v) is 9.80. The Morgan fingerprint density at radius 1 is 0.972 bits per heavy atom. The highest BCUT2D eigenvalue weighted by atomic mass is 35.5. The Bertz CT molecular complexity index is 1480. The van der Waals surface area contributed by atoms with Crippen LogP contribution < -0.4 is 16.0 Å². The van der Waals surface area contributed by atoms with Crippen LogP contribution in [0.15, 0.2) is 61.2 Å². The zero-order chi connectivity index (χ0) is 24.8. The van der Waals surface area contributed by atoms with Gasteiger partial charge in [-0.2, -0.15) is 5.10 Å². The van der Waals surface area contributed by atoms with Gasteiger partial charge in [-0.15, -0.1) is 0 Å². The molecule has 4 aromatic rings. The number of rotatable bonds is 4. The van der Waals surface area contributed by atoms with Gasteiger partial charge in [-0.1, -0.05) is 30.5 Å². The first-order valence-corrected chi connectivity index (χ1v) is 12.4. The molecule has 1 aliphatic heterocycles. The van der Waals surface area contributed by atoms with Gasteiger partial charge in [-0.3, -0.25) is 9.67 Å². The summed E-state index contributed by atoms with van der Waals surface area (Å²) < 4.78 is 30.3. The number of halogens is 3. The van der Waals surface area contributed by atoms with Crippen LogP contribution in [0.2, 0.25) is 5.02 Å². The fraction of sp³-hybridized carbons (Fsp3) is 0.259. The third-order valence-corrected chi connectivity index (χ3v) is 7.38. The third kappa shape index (κ3) is 4.10. The zero-order valence-electron chi connectivity index (χ0n) is 19.5. The van der Waals surface area contributed by atoms with Crippen LogP contribution in [0.4, 0.5) is 14.5 Å². The molecule has 2 aromatic heterocycles. The minimum Gasteiger partial charge on any atom is -0.372 e. The summed E-state index contributed by atoms with van der Waals surface area (Å²) in [4.78, 5) is 6.38. The van der Waals surface area contributed by atoms with Gasteiger partial charge in [0.2, 0.25) is 0 Å². The number of hydrogen-bond acceptors (Lipinski definition) is 5. The largest absolute Gasteiger partial charge is 0.372 e. The van der Waals surface area contributed by atoms with Crippen molar-refractivity contribution in [2.24, 2.45) is 5.73 Å². The molecule has 6 rings (SSSR count). The molecule has 9 heteroatoms. The lowest BCUT2D eigenvalue weighted by atomic mass is 9.91. The van der Waals surface area contributed by atoms with Crippen molar-refractivity contribution < 1.29 is 8.78 Å².